The number of alkyl carbamates (subject to hydrolysis) is 1. The summed E-state index contributed by atoms with van der Waals surface area (Å²) in [5, 5.41) is 15.4. The zero-order valence-corrected chi connectivity index (χ0v) is 34.1. The third-order valence-corrected chi connectivity index (χ3v) is 12.1. The number of hydrogen-bond acceptors (Lipinski definition) is 12. The molecule has 5 rings (SSSR count). The van der Waals surface area contributed by atoms with Crippen LogP contribution >= 0.6 is 0 Å². The standard InChI is InChI=1S/C42H61N3O10/c1-11-32-42(8)36(44-40(50)55-42)25(4)33(46)23(2)21-41(7,51-18-14-15-28-20-29-16-12-13-17-30(29)43-22-28)37(26(5)34(47)27(6)38(49)53-32)54-39-35(48)31(45(9)10)19-24(3)52-39/h12-13,16-17,20,22-27,31-32,35-37,39,48H,11,14-15,18-19,21H2,1-10H3,(H,44,50)/t23-,24-,25+,26+,27-,31+,32-,35-,36-,37-,39+,41+,42-/m1/s1. The molecule has 2 N–H and O–H groups in total. The number of Topliss-reactive ketones (excluding diaryl/α,β-unsaturated/α-hetero) is 2. The summed E-state index contributed by atoms with van der Waals surface area (Å²) < 4.78 is 31.5. The molecular formula is C42H61N3O10. The number of para-hydroxylation sites is 1. The first-order valence-corrected chi connectivity index (χ1v) is 19.8. The highest BCUT2D eigenvalue weighted by molar-refractivity contribution is 6.00. The molecule has 0 aliphatic carbocycles. The van der Waals surface area contributed by atoms with Crippen molar-refractivity contribution in [2.75, 3.05) is 20.7 Å². The molecule has 1 aromatic carbocycles. The van der Waals surface area contributed by atoms with Crippen LogP contribution in [0.1, 0.15) is 86.6 Å². The van der Waals surface area contributed by atoms with Crippen LogP contribution in [0.25, 0.3) is 10.9 Å². The van der Waals surface area contributed by atoms with Crippen molar-refractivity contribution in [1.29, 1.82) is 0 Å². The maximum absolute atomic E-state index is 14.4. The number of aromatic nitrogens is 1. The van der Waals surface area contributed by atoms with Crippen molar-refractivity contribution in [2.45, 2.75) is 141 Å². The number of carbonyl (C=O) groups excluding carboxylic acids is 4. The van der Waals surface area contributed by atoms with Crippen molar-refractivity contribution in [3.8, 4) is 0 Å². The number of benzene rings is 1. The Bertz CT molecular complexity index is 1700. The van der Waals surface area contributed by atoms with Crippen molar-refractivity contribution >= 4 is 34.5 Å². The van der Waals surface area contributed by atoms with Crippen LogP contribution in [0.2, 0.25) is 0 Å². The van der Waals surface area contributed by atoms with Gasteiger partial charge in [-0.05, 0) is 91.6 Å². The number of esters is 1. The number of amides is 1. The van der Waals surface area contributed by atoms with Crippen LogP contribution in [-0.2, 0) is 44.5 Å². The second-order valence-corrected chi connectivity index (χ2v) is 16.7. The number of cyclic esters (lactones) is 1. The average molecular weight is 768 g/mol. The molecule has 1 aromatic heterocycles. The van der Waals surface area contributed by atoms with Crippen LogP contribution in [0.3, 0.4) is 0 Å². The number of fused-ring (bicyclic) bond motifs is 2. The molecule has 13 atom stereocenters. The first kappa shape index (κ1) is 42.6. The second-order valence-electron chi connectivity index (χ2n) is 16.7. The Kier molecular flexibility index (Phi) is 13.4. The number of aliphatic hydroxyl groups is 1. The van der Waals surface area contributed by atoms with Crippen LogP contribution in [0, 0.1) is 23.7 Å². The fraction of sp³-hybridized carbons (Fsp3) is 0.690. The molecule has 3 fully saturated rings. The molecule has 0 unspecified atom stereocenters. The topological polar surface area (TPSA) is 163 Å². The van der Waals surface area contributed by atoms with Gasteiger partial charge in [0, 0.05) is 42.0 Å². The number of hydrogen-bond donors (Lipinski definition) is 2. The number of ketones is 2. The maximum Gasteiger partial charge on any atom is 0.408 e. The minimum absolute atomic E-state index is 0.125. The molecule has 0 radical (unpaired) electrons. The van der Waals surface area contributed by atoms with E-state index in [1.807, 2.05) is 70.2 Å². The van der Waals surface area contributed by atoms with Crippen molar-refractivity contribution in [3.63, 3.8) is 0 Å². The summed E-state index contributed by atoms with van der Waals surface area (Å²) in [5.74, 6) is -4.99. The number of likely N-dealkylation sites (N-methyl/N-ethyl adjacent to an activating group) is 1. The molecule has 3 aliphatic heterocycles. The Balaban J connectivity index is 1.52. The van der Waals surface area contributed by atoms with Gasteiger partial charge in [-0.15, -0.1) is 0 Å². The molecule has 1 amide bonds. The van der Waals surface area contributed by atoms with Crippen molar-refractivity contribution < 1.29 is 48.0 Å². The van der Waals surface area contributed by atoms with Crippen LogP contribution in [0.5, 0.6) is 0 Å². The van der Waals surface area contributed by atoms with Crippen LogP contribution in [0.15, 0.2) is 36.5 Å². The Labute approximate surface area is 325 Å². The van der Waals surface area contributed by atoms with Crippen molar-refractivity contribution in [1.82, 2.24) is 15.2 Å². The molecule has 3 saturated heterocycles. The number of ether oxygens (including phenoxy) is 5. The van der Waals surface area contributed by atoms with Gasteiger partial charge in [-0.2, -0.15) is 0 Å². The van der Waals surface area contributed by atoms with E-state index in [1.54, 1.807) is 27.7 Å². The molecule has 304 valence electrons. The molecule has 0 saturated carbocycles. The number of aryl methyl sites for hydroxylation is 1. The SMILES string of the molecule is CC[C@H]1OC(=O)[C@H](C)C(=O)[C@H](C)[C@@H](O[C@@H]2O[C@H](C)C[C@H](N(C)C)[C@H]2O)[C@@](C)(OCCCc2cnc3ccccc3c2)C[C@@H](C)C(=O)[C@H](C)[C@H]2NC(=O)O[C@@]21C. The van der Waals surface area contributed by atoms with Gasteiger partial charge in [0.1, 0.15) is 23.9 Å². The second kappa shape index (κ2) is 17.3. The largest absolute Gasteiger partial charge is 0.458 e. The summed E-state index contributed by atoms with van der Waals surface area (Å²) in [4.78, 5) is 61.9. The van der Waals surface area contributed by atoms with E-state index < -0.39 is 83.4 Å². The van der Waals surface area contributed by atoms with Gasteiger partial charge < -0.3 is 39.0 Å². The summed E-state index contributed by atoms with van der Waals surface area (Å²) in [6.45, 7) is 14.1. The quantitative estimate of drug-likeness (QED) is 0.199. The lowest BCUT2D eigenvalue weighted by Gasteiger charge is -2.47. The Hall–Kier alpha value is -3.49. The molecule has 0 spiro atoms. The molecule has 0 bridgehead atoms. The monoisotopic (exact) mass is 767 g/mol. The first-order chi connectivity index (χ1) is 25.9. The number of nitrogens with one attached hydrogen (secondary N) is 1. The number of rotatable bonds is 9. The van der Waals surface area contributed by atoms with Crippen molar-refractivity contribution in [2.24, 2.45) is 23.7 Å². The van der Waals surface area contributed by atoms with E-state index in [-0.39, 0.29) is 37.4 Å². The van der Waals surface area contributed by atoms with Crippen LogP contribution < -0.4 is 5.32 Å². The highest BCUT2D eigenvalue weighted by atomic mass is 16.7. The Morgan fingerprint density at radius 2 is 1.73 bits per heavy atom. The lowest BCUT2D eigenvalue weighted by Crippen LogP contribution is -2.60. The van der Waals surface area contributed by atoms with E-state index in [9.17, 15) is 24.3 Å². The van der Waals surface area contributed by atoms with Crippen LogP contribution in [0.4, 0.5) is 4.79 Å². The van der Waals surface area contributed by atoms with E-state index >= 15 is 0 Å². The highest BCUT2D eigenvalue weighted by Crippen LogP contribution is 2.40. The van der Waals surface area contributed by atoms with Gasteiger partial charge in [-0.25, -0.2) is 4.79 Å². The smallest absolute Gasteiger partial charge is 0.408 e. The van der Waals surface area contributed by atoms with Gasteiger partial charge in [0.05, 0.1) is 29.4 Å². The zero-order chi connectivity index (χ0) is 40.4. The van der Waals surface area contributed by atoms with Gasteiger partial charge in [0.2, 0.25) is 0 Å². The molecular weight excluding hydrogens is 706 g/mol. The van der Waals surface area contributed by atoms with Gasteiger partial charge in [0.25, 0.3) is 0 Å². The predicted octanol–water partition coefficient (Wildman–Crippen LogP) is 5.03. The number of nitrogens with zero attached hydrogens (tertiary/aromatic N) is 2. The Morgan fingerprint density at radius 3 is 2.42 bits per heavy atom. The van der Waals surface area contributed by atoms with E-state index in [2.05, 4.69) is 16.4 Å². The summed E-state index contributed by atoms with van der Waals surface area (Å²) in [6, 6.07) is 8.91. The third-order valence-electron chi connectivity index (χ3n) is 12.1. The average Bonchev–Trinajstić information content (AvgIpc) is 3.47. The predicted molar refractivity (Wildman–Crippen MR) is 205 cm³/mol. The van der Waals surface area contributed by atoms with E-state index in [1.165, 1.54) is 6.92 Å². The fourth-order valence-corrected chi connectivity index (χ4v) is 8.96. The molecule has 13 nitrogen and oxygen atoms in total. The molecule has 4 heterocycles. The lowest BCUT2D eigenvalue weighted by atomic mass is 9.73. The van der Waals surface area contributed by atoms with Gasteiger partial charge in [0.15, 0.2) is 17.7 Å². The summed E-state index contributed by atoms with van der Waals surface area (Å²) in [7, 11) is 3.76. The lowest BCUT2D eigenvalue weighted by molar-refractivity contribution is -0.297. The highest BCUT2D eigenvalue weighted by Gasteiger charge is 2.57. The minimum Gasteiger partial charge on any atom is -0.458 e. The maximum atomic E-state index is 14.4. The molecule has 3 aliphatic rings. The van der Waals surface area contributed by atoms with Gasteiger partial charge in [-0.3, -0.25) is 19.4 Å². The third kappa shape index (κ3) is 9.06. The van der Waals surface area contributed by atoms with Gasteiger partial charge in [-0.1, -0.05) is 45.9 Å². The molecule has 55 heavy (non-hydrogen) atoms. The van der Waals surface area contributed by atoms with E-state index in [0.29, 0.717) is 19.3 Å². The van der Waals surface area contributed by atoms with Crippen molar-refractivity contribution in [3.05, 3.63) is 42.1 Å². The first-order valence-electron chi connectivity index (χ1n) is 19.8. The minimum atomic E-state index is -1.37. The summed E-state index contributed by atoms with van der Waals surface area (Å²) in [5.41, 5.74) is -0.726. The number of aliphatic hydroxyl groups excluding tert-OH is 1. The molecule has 13 heteroatoms. The molecule has 2 aromatic rings. The van der Waals surface area contributed by atoms with Crippen LogP contribution in [-0.4, -0.2) is 113 Å². The number of carbonyl (C=O) groups is 4. The van der Waals surface area contributed by atoms with E-state index in [4.69, 9.17) is 23.7 Å². The Morgan fingerprint density at radius 1 is 1.02 bits per heavy atom. The summed E-state index contributed by atoms with van der Waals surface area (Å²) in [6.07, 6.45) is -1.12. The zero-order valence-electron chi connectivity index (χ0n) is 34.1. The number of pyridine rings is 1. The fourth-order valence-electron chi connectivity index (χ4n) is 8.96. The summed E-state index contributed by atoms with van der Waals surface area (Å²) >= 11 is 0. The van der Waals surface area contributed by atoms with Gasteiger partial charge >= 0.3 is 12.1 Å². The van der Waals surface area contributed by atoms with E-state index in [0.717, 1.165) is 16.5 Å². The normalized spacial score (nSPS) is 37.9.